The molecule has 0 unspecified atom stereocenters. The Labute approximate surface area is 165 Å². The molecule has 0 radical (unpaired) electrons. The van der Waals surface area contributed by atoms with E-state index in [9.17, 15) is 13.2 Å². The maximum atomic E-state index is 13.3. The molecule has 0 aliphatic heterocycles. The van der Waals surface area contributed by atoms with E-state index >= 15 is 0 Å². The minimum absolute atomic E-state index is 0.0840. The van der Waals surface area contributed by atoms with Crippen molar-refractivity contribution in [1.82, 2.24) is 9.29 Å². The molecule has 6 nitrogen and oxygen atoms in total. The van der Waals surface area contributed by atoms with Crippen LogP contribution in [0, 0.1) is 33.6 Å². The third-order valence-corrected chi connectivity index (χ3v) is 6.95. The van der Waals surface area contributed by atoms with Gasteiger partial charge < -0.3 is 5.32 Å². The number of anilines is 1. The summed E-state index contributed by atoms with van der Waals surface area (Å²) < 4.78 is 28.0. The summed E-state index contributed by atoms with van der Waals surface area (Å²) in [7, 11) is -3.80. The number of hydrogen-bond donors (Lipinski definition) is 1. The van der Waals surface area contributed by atoms with Crippen LogP contribution in [-0.2, 0) is 14.8 Å². The predicted molar refractivity (Wildman–Crippen MR) is 110 cm³/mol. The molecule has 0 atom stereocenters. The highest BCUT2D eigenvalue weighted by atomic mass is 32.2. The molecule has 2 rings (SSSR count). The van der Waals surface area contributed by atoms with Crippen LogP contribution >= 0.6 is 11.3 Å². The first-order valence-corrected chi connectivity index (χ1v) is 11.1. The molecule has 0 saturated carbocycles. The van der Waals surface area contributed by atoms with Crippen LogP contribution in [0.4, 0.5) is 5.13 Å². The minimum Gasteiger partial charge on any atom is -0.301 e. The van der Waals surface area contributed by atoms with E-state index in [1.54, 1.807) is 13.8 Å². The fourth-order valence-corrected chi connectivity index (χ4v) is 5.76. The van der Waals surface area contributed by atoms with Crippen molar-refractivity contribution >= 4 is 32.4 Å². The van der Waals surface area contributed by atoms with Crippen molar-refractivity contribution in [2.24, 2.45) is 5.92 Å². The Hall–Kier alpha value is -1.77. The highest BCUT2D eigenvalue weighted by molar-refractivity contribution is 7.89. The van der Waals surface area contributed by atoms with E-state index in [2.05, 4.69) is 10.3 Å². The van der Waals surface area contributed by atoms with Gasteiger partial charge in [-0.05, 0) is 44.7 Å². The molecular weight excluding hydrogens is 382 g/mol. The normalized spacial score (nSPS) is 12.0. The number of aromatic nitrogens is 1. The van der Waals surface area contributed by atoms with Gasteiger partial charge in [0.2, 0.25) is 15.9 Å². The quantitative estimate of drug-likeness (QED) is 0.757. The number of sulfonamides is 1. The van der Waals surface area contributed by atoms with Gasteiger partial charge in [-0.25, -0.2) is 13.4 Å². The lowest BCUT2D eigenvalue weighted by Gasteiger charge is -2.25. The second-order valence-corrected chi connectivity index (χ2v) is 9.99. The van der Waals surface area contributed by atoms with Gasteiger partial charge in [-0.3, -0.25) is 4.79 Å². The second-order valence-electron chi connectivity index (χ2n) is 7.26. The molecular formula is C19H27N3O3S2. The molecule has 1 amide bonds. The summed E-state index contributed by atoms with van der Waals surface area (Å²) in [4.78, 5) is 16.9. The predicted octanol–water partition coefficient (Wildman–Crippen LogP) is 3.66. The zero-order valence-electron chi connectivity index (χ0n) is 16.7. The molecule has 1 heterocycles. The van der Waals surface area contributed by atoms with Crippen LogP contribution in [0.15, 0.2) is 22.4 Å². The highest BCUT2D eigenvalue weighted by Crippen LogP contribution is 2.26. The summed E-state index contributed by atoms with van der Waals surface area (Å²) in [5.74, 6) is -0.309. The maximum absolute atomic E-state index is 13.3. The van der Waals surface area contributed by atoms with Crippen LogP contribution < -0.4 is 5.32 Å². The number of amides is 1. The molecule has 0 saturated heterocycles. The average molecular weight is 410 g/mol. The van der Waals surface area contributed by atoms with Gasteiger partial charge in [-0.2, -0.15) is 4.31 Å². The standard InChI is InChI=1S/C19H27N3O3S2/c1-12(2)9-22(10-17(23)21-19-20-16(6)11-26-19)27(24,25)18-14(4)7-13(3)8-15(18)5/h7-8,11-12H,9-10H2,1-6H3,(H,20,21,23). The van der Waals surface area contributed by atoms with Crippen LogP contribution in [0.25, 0.3) is 0 Å². The smallest absolute Gasteiger partial charge is 0.244 e. The van der Waals surface area contributed by atoms with Crippen molar-refractivity contribution in [2.75, 3.05) is 18.4 Å². The van der Waals surface area contributed by atoms with Crippen LogP contribution in [0.3, 0.4) is 0 Å². The monoisotopic (exact) mass is 409 g/mol. The lowest BCUT2D eigenvalue weighted by atomic mass is 10.1. The van der Waals surface area contributed by atoms with Crippen molar-refractivity contribution in [3.05, 3.63) is 39.9 Å². The van der Waals surface area contributed by atoms with Crippen molar-refractivity contribution in [3.8, 4) is 0 Å². The van der Waals surface area contributed by atoms with Crippen LogP contribution in [0.5, 0.6) is 0 Å². The molecule has 0 aliphatic carbocycles. The van der Waals surface area contributed by atoms with Crippen molar-refractivity contribution < 1.29 is 13.2 Å². The molecule has 27 heavy (non-hydrogen) atoms. The molecule has 0 aliphatic rings. The Morgan fingerprint density at radius 1 is 1.19 bits per heavy atom. The number of hydrogen-bond acceptors (Lipinski definition) is 5. The van der Waals surface area contributed by atoms with Crippen molar-refractivity contribution in [3.63, 3.8) is 0 Å². The Bertz CT molecular complexity index is 910. The van der Waals surface area contributed by atoms with Crippen molar-refractivity contribution in [2.45, 2.75) is 46.4 Å². The summed E-state index contributed by atoms with van der Waals surface area (Å²) in [5.41, 5.74) is 3.21. The SMILES string of the molecule is Cc1cc(C)c(S(=O)(=O)N(CC(=O)Nc2nc(C)cs2)CC(C)C)c(C)c1. The van der Waals surface area contributed by atoms with Gasteiger partial charge in [-0.1, -0.05) is 31.5 Å². The Morgan fingerprint density at radius 3 is 2.26 bits per heavy atom. The van der Waals surface area contributed by atoms with Gasteiger partial charge in [0.25, 0.3) is 0 Å². The zero-order valence-corrected chi connectivity index (χ0v) is 18.3. The number of carbonyl (C=O) groups is 1. The number of aryl methyl sites for hydroxylation is 4. The molecule has 8 heteroatoms. The summed E-state index contributed by atoms with van der Waals surface area (Å²) in [6.07, 6.45) is 0. The lowest BCUT2D eigenvalue weighted by Crippen LogP contribution is -2.40. The van der Waals surface area contributed by atoms with E-state index in [-0.39, 0.29) is 23.9 Å². The number of carbonyl (C=O) groups excluding carboxylic acids is 1. The van der Waals surface area contributed by atoms with Crippen LogP contribution in [0.1, 0.15) is 36.2 Å². The first-order valence-electron chi connectivity index (χ1n) is 8.80. The summed E-state index contributed by atoms with van der Waals surface area (Å²) >= 11 is 1.32. The average Bonchev–Trinajstić information content (AvgIpc) is 2.89. The van der Waals surface area contributed by atoms with Gasteiger partial charge in [0.1, 0.15) is 0 Å². The van der Waals surface area contributed by atoms with E-state index in [1.165, 1.54) is 15.6 Å². The lowest BCUT2D eigenvalue weighted by molar-refractivity contribution is -0.116. The Kier molecular flexibility index (Phi) is 6.77. The number of rotatable bonds is 7. The van der Waals surface area contributed by atoms with Gasteiger partial charge in [0, 0.05) is 11.9 Å². The summed E-state index contributed by atoms with van der Waals surface area (Å²) in [6, 6.07) is 3.71. The van der Waals surface area contributed by atoms with Gasteiger partial charge in [0.05, 0.1) is 17.1 Å². The Morgan fingerprint density at radius 2 is 1.78 bits per heavy atom. The van der Waals surface area contributed by atoms with Gasteiger partial charge in [0.15, 0.2) is 5.13 Å². The van der Waals surface area contributed by atoms with Crippen LogP contribution in [-0.4, -0.2) is 36.7 Å². The maximum Gasteiger partial charge on any atom is 0.244 e. The fourth-order valence-electron chi connectivity index (χ4n) is 3.09. The molecule has 0 bridgehead atoms. The number of nitrogens with zero attached hydrogens (tertiary/aromatic N) is 2. The van der Waals surface area contributed by atoms with Gasteiger partial charge >= 0.3 is 0 Å². The van der Waals surface area contributed by atoms with Crippen molar-refractivity contribution in [1.29, 1.82) is 0 Å². The minimum atomic E-state index is -3.80. The molecule has 1 aromatic heterocycles. The van der Waals surface area contributed by atoms with Gasteiger partial charge in [-0.15, -0.1) is 11.3 Å². The highest BCUT2D eigenvalue weighted by Gasteiger charge is 2.30. The molecule has 148 valence electrons. The molecule has 0 fully saturated rings. The number of benzene rings is 1. The van der Waals surface area contributed by atoms with E-state index < -0.39 is 15.9 Å². The molecule has 2 aromatic rings. The second kappa shape index (κ2) is 8.50. The number of thiazole rings is 1. The molecule has 1 aromatic carbocycles. The van der Waals surface area contributed by atoms with E-state index in [4.69, 9.17) is 0 Å². The van der Waals surface area contributed by atoms with E-state index in [0.29, 0.717) is 16.3 Å². The Balaban J connectivity index is 2.33. The summed E-state index contributed by atoms with van der Waals surface area (Å²) in [5, 5.41) is 5.00. The zero-order chi connectivity index (χ0) is 20.4. The van der Waals surface area contributed by atoms with Crippen LogP contribution in [0.2, 0.25) is 0 Å². The third kappa shape index (κ3) is 5.37. The van der Waals surface area contributed by atoms with E-state index in [0.717, 1.165) is 11.3 Å². The number of nitrogens with one attached hydrogen (secondary N) is 1. The first-order chi connectivity index (χ1) is 12.5. The fraction of sp³-hybridized carbons (Fsp3) is 0.474. The first kappa shape index (κ1) is 21.5. The largest absolute Gasteiger partial charge is 0.301 e. The molecule has 0 spiro atoms. The topological polar surface area (TPSA) is 79.4 Å². The van der Waals surface area contributed by atoms with E-state index in [1.807, 2.05) is 45.2 Å². The summed E-state index contributed by atoms with van der Waals surface area (Å²) in [6.45, 7) is 11.2. The third-order valence-electron chi connectivity index (χ3n) is 3.96. The molecule has 1 N–H and O–H groups in total.